The summed E-state index contributed by atoms with van der Waals surface area (Å²) in [5, 5.41) is 2.19. The highest BCUT2D eigenvalue weighted by Crippen LogP contribution is 1.94. The van der Waals surface area contributed by atoms with Crippen LogP contribution in [-0.4, -0.2) is 0 Å². The van der Waals surface area contributed by atoms with Crippen LogP contribution in [0.25, 0.3) is 12.2 Å². The maximum Gasteiger partial charge on any atom is -0.0118 e. The molecule has 1 aromatic rings. The van der Waals surface area contributed by atoms with Crippen LogP contribution in [0.4, 0.5) is 0 Å². The zero-order valence-electron chi connectivity index (χ0n) is 7.96. The summed E-state index contributed by atoms with van der Waals surface area (Å²) in [6.45, 7) is 9.75. The topological polar surface area (TPSA) is 0 Å². The molecule has 0 nitrogen and oxygen atoms in total. The van der Waals surface area contributed by atoms with Crippen molar-refractivity contribution in [3.8, 4) is 0 Å². The lowest BCUT2D eigenvalue weighted by Crippen LogP contribution is -2.23. The lowest BCUT2D eigenvalue weighted by atomic mass is 10.1. The number of benzene rings is 1. The standard InChI is InChI=1S/C13H14/c1-4-8-12(5-2)13-10-7-6-9-11(13)3/h4-10H,2-3H2,1H3/b8-4-,13-12+. The minimum absolute atomic E-state index is 1.04. The molecule has 0 fully saturated rings. The van der Waals surface area contributed by atoms with Gasteiger partial charge in [0.1, 0.15) is 0 Å². The van der Waals surface area contributed by atoms with E-state index in [0.29, 0.717) is 0 Å². The SMILES string of the molecule is C=CC(/C=C\C)=c1/ccccc1=C. The van der Waals surface area contributed by atoms with Crippen LogP contribution in [0.5, 0.6) is 0 Å². The molecule has 0 heteroatoms. The molecule has 0 atom stereocenters. The van der Waals surface area contributed by atoms with Gasteiger partial charge in [0, 0.05) is 0 Å². The Morgan fingerprint density at radius 2 is 2.00 bits per heavy atom. The first kappa shape index (κ1) is 9.53. The molecule has 0 radical (unpaired) electrons. The summed E-state index contributed by atoms with van der Waals surface area (Å²) >= 11 is 0. The quantitative estimate of drug-likeness (QED) is 0.637. The molecule has 0 unspecified atom stereocenters. The van der Waals surface area contributed by atoms with E-state index >= 15 is 0 Å². The predicted molar refractivity (Wildman–Crippen MR) is 59.6 cm³/mol. The molecule has 0 aromatic heterocycles. The van der Waals surface area contributed by atoms with Crippen molar-refractivity contribution in [3.05, 3.63) is 59.5 Å². The molecular weight excluding hydrogens is 156 g/mol. The van der Waals surface area contributed by atoms with Crippen LogP contribution in [-0.2, 0) is 0 Å². The van der Waals surface area contributed by atoms with Crippen LogP contribution in [0.15, 0.2) is 49.1 Å². The minimum Gasteiger partial charge on any atom is -0.0984 e. The van der Waals surface area contributed by atoms with Crippen LogP contribution in [0.3, 0.4) is 0 Å². The number of allylic oxidation sites excluding steroid dienone is 3. The van der Waals surface area contributed by atoms with E-state index in [1.54, 1.807) is 0 Å². The van der Waals surface area contributed by atoms with Crippen molar-refractivity contribution in [3.63, 3.8) is 0 Å². The van der Waals surface area contributed by atoms with Crippen molar-refractivity contribution in [2.75, 3.05) is 0 Å². The summed E-state index contributed by atoms with van der Waals surface area (Å²) in [5.41, 5.74) is 1.12. The largest absolute Gasteiger partial charge is 0.0984 e. The van der Waals surface area contributed by atoms with Gasteiger partial charge in [0.05, 0.1) is 0 Å². The third kappa shape index (κ3) is 2.19. The number of hydrogen-bond donors (Lipinski definition) is 0. The summed E-state index contributed by atoms with van der Waals surface area (Å²) in [7, 11) is 0. The lowest BCUT2D eigenvalue weighted by Gasteiger charge is -1.94. The number of hydrogen-bond acceptors (Lipinski definition) is 0. The molecule has 0 aliphatic carbocycles. The van der Waals surface area contributed by atoms with Crippen molar-refractivity contribution < 1.29 is 0 Å². The molecule has 0 N–H and O–H groups in total. The summed E-state index contributed by atoms with van der Waals surface area (Å²) in [5.74, 6) is 0. The summed E-state index contributed by atoms with van der Waals surface area (Å²) in [6, 6.07) is 8.06. The first-order valence-electron chi connectivity index (χ1n) is 4.33. The maximum absolute atomic E-state index is 3.97. The molecule has 0 heterocycles. The molecule has 0 aliphatic heterocycles. The lowest BCUT2D eigenvalue weighted by molar-refractivity contribution is 1.51. The Labute approximate surface area is 79.2 Å². The third-order valence-electron chi connectivity index (χ3n) is 1.89. The Morgan fingerprint density at radius 1 is 1.31 bits per heavy atom. The third-order valence-corrected chi connectivity index (χ3v) is 1.89. The highest BCUT2D eigenvalue weighted by Gasteiger charge is 1.87. The molecule has 0 bridgehead atoms. The van der Waals surface area contributed by atoms with Crippen molar-refractivity contribution in [2.45, 2.75) is 6.92 Å². The van der Waals surface area contributed by atoms with Crippen LogP contribution in [0.2, 0.25) is 0 Å². The summed E-state index contributed by atoms with van der Waals surface area (Å²) in [4.78, 5) is 0. The first-order chi connectivity index (χ1) is 6.29. The van der Waals surface area contributed by atoms with Gasteiger partial charge >= 0.3 is 0 Å². The van der Waals surface area contributed by atoms with E-state index in [9.17, 15) is 0 Å². The monoisotopic (exact) mass is 170 g/mol. The smallest absolute Gasteiger partial charge is 0.0118 e. The molecule has 0 amide bonds. The molecule has 0 saturated heterocycles. The Bertz CT molecular complexity index is 422. The first-order valence-corrected chi connectivity index (χ1v) is 4.33. The maximum atomic E-state index is 3.97. The van der Waals surface area contributed by atoms with Gasteiger partial charge in [-0.05, 0) is 22.9 Å². The van der Waals surface area contributed by atoms with Crippen molar-refractivity contribution in [1.82, 2.24) is 0 Å². The van der Waals surface area contributed by atoms with Crippen LogP contribution < -0.4 is 10.4 Å². The fourth-order valence-corrected chi connectivity index (χ4v) is 1.25. The fraction of sp³-hybridized carbons (Fsp3) is 0.0769. The molecule has 1 aromatic carbocycles. The summed E-state index contributed by atoms with van der Waals surface area (Å²) in [6.07, 6.45) is 5.89. The molecule has 1 rings (SSSR count). The average molecular weight is 170 g/mol. The number of rotatable bonds is 2. The van der Waals surface area contributed by atoms with Crippen molar-refractivity contribution >= 4 is 12.2 Å². The zero-order chi connectivity index (χ0) is 9.68. The Morgan fingerprint density at radius 3 is 2.54 bits per heavy atom. The fourth-order valence-electron chi connectivity index (χ4n) is 1.25. The van der Waals surface area contributed by atoms with Gasteiger partial charge in [-0.25, -0.2) is 0 Å². The van der Waals surface area contributed by atoms with Crippen LogP contribution in [0, 0.1) is 0 Å². The molecule has 0 saturated carbocycles. The Hall–Kier alpha value is -1.56. The normalized spacial score (nSPS) is 13.0. The van der Waals surface area contributed by atoms with Gasteiger partial charge in [-0.2, -0.15) is 0 Å². The van der Waals surface area contributed by atoms with Crippen molar-refractivity contribution in [2.24, 2.45) is 0 Å². The van der Waals surface area contributed by atoms with E-state index in [2.05, 4.69) is 19.2 Å². The van der Waals surface area contributed by atoms with E-state index in [4.69, 9.17) is 0 Å². The van der Waals surface area contributed by atoms with Gasteiger partial charge in [-0.15, -0.1) is 0 Å². The van der Waals surface area contributed by atoms with Gasteiger partial charge in [-0.1, -0.05) is 55.7 Å². The molecule has 66 valence electrons. The van der Waals surface area contributed by atoms with Gasteiger partial charge in [-0.3, -0.25) is 0 Å². The van der Waals surface area contributed by atoms with Crippen LogP contribution >= 0.6 is 0 Å². The molecule has 0 aliphatic rings. The highest BCUT2D eigenvalue weighted by atomic mass is 13.9. The van der Waals surface area contributed by atoms with Gasteiger partial charge in [0.25, 0.3) is 0 Å². The molecular formula is C13H14. The van der Waals surface area contributed by atoms with Gasteiger partial charge < -0.3 is 0 Å². The van der Waals surface area contributed by atoms with E-state index in [1.807, 2.05) is 43.4 Å². The minimum atomic E-state index is 1.04. The second-order valence-corrected chi connectivity index (χ2v) is 2.82. The van der Waals surface area contributed by atoms with E-state index in [1.165, 1.54) is 0 Å². The van der Waals surface area contributed by atoms with E-state index in [-0.39, 0.29) is 0 Å². The predicted octanol–water partition coefficient (Wildman–Crippen LogP) is 2.01. The zero-order valence-corrected chi connectivity index (χ0v) is 7.96. The highest BCUT2D eigenvalue weighted by molar-refractivity contribution is 5.65. The molecule has 0 spiro atoms. The van der Waals surface area contributed by atoms with Gasteiger partial charge in [0.2, 0.25) is 0 Å². The summed E-state index contributed by atoms with van der Waals surface area (Å²) < 4.78 is 0. The van der Waals surface area contributed by atoms with Gasteiger partial charge in [0.15, 0.2) is 0 Å². The van der Waals surface area contributed by atoms with Crippen LogP contribution in [0.1, 0.15) is 6.92 Å². The van der Waals surface area contributed by atoms with Crippen molar-refractivity contribution in [1.29, 1.82) is 0 Å². The Balaban J connectivity index is 3.55. The Kier molecular flexibility index (Phi) is 3.27. The average Bonchev–Trinajstić information content (AvgIpc) is 2.16. The molecule has 13 heavy (non-hydrogen) atoms. The van der Waals surface area contributed by atoms with E-state index in [0.717, 1.165) is 16.0 Å². The second-order valence-electron chi connectivity index (χ2n) is 2.82. The second kappa shape index (κ2) is 4.46. The van der Waals surface area contributed by atoms with E-state index < -0.39 is 0 Å².